The van der Waals surface area contributed by atoms with E-state index < -0.39 is 0 Å². The summed E-state index contributed by atoms with van der Waals surface area (Å²) in [5.74, 6) is 2.31. The second-order valence-corrected chi connectivity index (χ2v) is 6.92. The van der Waals surface area contributed by atoms with Crippen LogP contribution >= 0.6 is 11.8 Å². The van der Waals surface area contributed by atoms with Crippen molar-refractivity contribution in [3.05, 3.63) is 24.4 Å². The van der Waals surface area contributed by atoms with Gasteiger partial charge in [0.2, 0.25) is 0 Å². The van der Waals surface area contributed by atoms with Crippen LogP contribution < -0.4 is 14.8 Å². The molecule has 0 amide bonds. The molecule has 1 N–H and O–H groups in total. The Morgan fingerprint density at radius 3 is 2.48 bits per heavy atom. The van der Waals surface area contributed by atoms with Gasteiger partial charge in [0, 0.05) is 22.9 Å². The van der Waals surface area contributed by atoms with Gasteiger partial charge in [-0.05, 0) is 43.7 Å². The number of anilines is 1. The zero-order valence-corrected chi connectivity index (χ0v) is 14.0. The smallest absolute Gasteiger partial charge is 0.161 e. The highest BCUT2D eigenvalue weighted by atomic mass is 32.2. The molecule has 5 heteroatoms. The van der Waals surface area contributed by atoms with Gasteiger partial charge in [0.05, 0.1) is 14.2 Å². The predicted molar refractivity (Wildman–Crippen MR) is 90.9 cm³/mol. The number of fused-ring (bicyclic) bond motifs is 1. The van der Waals surface area contributed by atoms with E-state index in [0.717, 1.165) is 28.9 Å². The van der Waals surface area contributed by atoms with Crippen LogP contribution in [0, 0.1) is 0 Å². The molecule has 4 nitrogen and oxygen atoms in total. The zero-order valence-electron chi connectivity index (χ0n) is 13.2. The Hall–Kier alpha value is -1.62. The van der Waals surface area contributed by atoms with Gasteiger partial charge in [0.25, 0.3) is 0 Å². The third-order valence-electron chi connectivity index (χ3n) is 3.50. The van der Waals surface area contributed by atoms with Gasteiger partial charge < -0.3 is 14.8 Å². The lowest BCUT2D eigenvalue weighted by Crippen LogP contribution is -2.26. The number of nitrogens with zero attached hydrogens (tertiary/aromatic N) is 1. The minimum absolute atomic E-state index is 0.153. The van der Waals surface area contributed by atoms with Gasteiger partial charge in [-0.2, -0.15) is 11.8 Å². The maximum absolute atomic E-state index is 5.38. The minimum Gasteiger partial charge on any atom is -0.493 e. The summed E-state index contributed by atoms with van der Waals surface area (Å²) in [6.45, 7) is 5.26. The number of methoxy groups -OCH3 is 2. The van der Waals surface area contributed by atoms with Crippen LogP contribution in [0.2, 0.25) is 0 Å². The highest BCUT2D eigenvalue weighted by molar-refractivity contribution is 7.99. The number of ether oxygens (including phenoxy) is 2. The van der Waals surface area contributed by atoms with Crippen molar-refractivity contribution in [1.29, 1.82) is 0 Å². The largest absolute Gasteiger partial charge is 0.493 e. The van der Waals surface area contributed by atoms with Gasteiger partial charge in [-0.3, -0.25) is 0 Å². The van der Waals surface area contributed by atoms with E-state index in [1.54, 1.807) is 14.2 Å². The molecule has 0 saturated carbocycles. The van der Waals surface area contributed by atoms with E-state index in [1.165, 1.54) is 0 Å². The van der Waals surface area contributed by atoms with E-state index in [0.29, 0.717) is 5.75 Å². The maximum Gasteiger partial charge on any atom is 0.161 e. The molecule has 0 aliphatic rings. The monoisotopic (exact) mass is 306 g/mol. The first kappa shape index (κ1) is 15.8. The Kier molecular flexibility index (Phi) is 4.83. The van der Waals surface area contributed by atoms with Crippen LogP contribution in [0.4, 0.5) is 5.82 Å². The van der Waals surface area contributed by atoms with Gasteiger partial charge in [-0.15, -0.1) is 0 Å². The summed E-state index contributed by atoms with van der Waals surface area (Å²) in [5.41, 5.74) is 0. The Morgan fingerprint density at radius 1 is 1.19 bits per heavy atom. The van der Waals surface area contributed by atoms with Gasteiger partial charge >= 0.3 is 0 Å². The number of nitrogens with one attached hydrogen (secondary N) is 1. The second kappa shape index (κ2) is 6.43. The average molecular weight is 306 g/mol. The number of hydrogen-bond acceptors (Lipinski definition) is 5. The lowest BCUT2D eigenvalue weighted by atomic mass is 10.1. The van der Waals surface area contributed by atoms with E-state index in [-0.39, 0.29) is 4.75 Å². The molecule has 2 rings (SSSR count). The second-order valence-electron chi connectivity index (χ2n) is 5.41. The van der Waals surface area contributed by atoms with Crippen molar-refractivity contribution < 1.29 is 9.47 Å². The molecule has 0 saturated heterocycles. The van der Waals surface area contributed by atoms with Crippen LogP contribution in [0.5, 0.6) is 11.5 Å². The first-order chi connectivity index (χ1) is 10.0. The van der Waals surface area contributed by atoms with Crippen molar-refractivity contribution >= 4 is 28.4 Å². The van der Waals surface area contributed by atoms with Crippen molar-refractivity contribution in [2.75, 3.05) is 32.3 Å². The number of hydrogen-bond donors (Lipinski definition) is 1. The molecule has 1 aromatic heterocycles. The van der Waals surface area contributed by atoms with Crippen LogP contribution in [0.25, 0.3) is 10.8 Å². The summed E-state index contributed by atoms with van der Waals surface area (Å²) in [4.78, 5) is 4.46. The molecule has 114 valence electrons. The third kappa shape index (κ3) is 3.53. The van der Waals surface area contributed by atoms with Crippen molar-refractivity contribution in [1.82, 2.24) is 4.98 Å². The number of aromatic nitrogens is 1. The number of thioether (sulfide) groups is 1. The van der Waals surface area contributed by atoms with Gasteiger partial charge in [0.15, 0.2) is 11.5 Å². The summed E-state index contributed by atoms with van der Waals surface area (Å²) in [5, 5.41) is 5.55. The molecule has 0 radical (unpaired) electrons. The number of rotatable bonds is 6. The topological polar surface area (TPSA) is 43.4 Å². The SMILES string of the molecule is COc1cc2ccnc(NCC(C)(C)SC)c2cc1OC. The van der Waals surface area contributed by atoms with Crippen LogP contribution in [-0.2, 0) is 0 Å². The molecular weight excluding hydrogens is 284 g/mol. The molecular formula is C16H22N2O2S. The lowest BCUT2D eigenvalue weighted by Gasteiger charge is -2.23. The van der Waals surface area contributed by atoms with E-state index in [2.05, 4.69) is 30.4 Å². The molecule has 21 heavy (non-hydrogen) atoms. The van der Waals surface area contributed by atoms with Crippen LogP contribution in [0.15, 0.2) is 24.4 Å². The van der Waals surface area contributed by atoms with E-state index in [9.17, 15) is 0 Å². The molecule has 0 unspecified atom stereocenters. The van der Waals surface area contributed by atoms with Crippen molar-refractivity contribution in [2.24, 2.45) is 0 Å². The van der Waals surface area contributed by atoms with Gasteiger partial charge in [0.1, 0.15) is 5.82 Å². The average Bonchev–Trinajstić information content (AvgIpc) is 2.51. The third-order valence-corrected chi connectivity index (χ3v) is 4.75. The molecule has 0 fully saturated rings. The summed E-state index contributed by atoms with van der Waals surface area (Å²) in [6, 6.07) is 5.92. The summed E-state index contributed by atoms with van der Waals surface area (Å²) in [7, 11) is 3.29. The molecule has 0 atom stereocenters. The first-order valence-electron chi connectivity index (χ1n) is 6.80. The van der Waals surface area contributed by atoms with Gasteiger partial charge in [-0.25, -0.2) is 4.98 Å². The fourth-order valence-corrected chi connectivity index (χ4v) is 2.23. The predicted octanol–water partition coefficient (Wildman–Crippen LogP) is 3.81. The highest BCUT2D eigenvalue weighted by Gasteiger charge is 2.17. The van der Waals surface area contributed by atoms with E-state index >= 15 is 0 Å². The lowest BCUT2D eigenvalue weighted by molar-refractivity contribution is 0.356. The normalized spacial score (nSPS) is 11.5. The molecule has 1 heterocycles. The standard InChI is InChI=1S/C16H22N2O2S/c1-16(2,21-5)10-18-15-12-9-14(20-4)13(19-3)8-11(12)6-7-17-15/h6-9H,10H2,1-5H3,(H,17,18). The Labute approximate surface area is 130 Å². The fourth-order valence-electron chi connectivity index (χ4n) is 2.01. The molecule has 0 spiro atoms. The molecule has 2 aromatic rings. The van der Waals surface area contributed by atoms with Crippen LogP contribution in [0.3, 0.4) is 0 Å². The number of benzene rings is 1. The first-order valence-corrected chi connectivity index (χ1v) is 8.03. The summed E-state index contributed by atoms with van der Waals surface area (Å²) in [6.07, 6.45) is 3.93. The highest BCUT2D eigenvalue weighted by Crippen LogP contribution is 2.34. The summed E-state index contributed by atoms with van der Waals surface area (Å²) >= 11 is 1.83. The van der Waals surface area contributed by atoms with Gasteiger partial charge in [-0.1, -0.05) is 0 Å². The molecule has 0 aliphatic heterocycles. The van der Waals surface area contributed by atoms with Crippen molar-refractivity contribution in [3.8, 4) is 11.5 Å². The Balaban J connectivity index is 2.40. The zero-order chi connectivity index (χ0) is 15.5. The molecule has 1 aromatic carbocycles. The number of pyridine rings is 1. The van der Waals surface area contributed by atoms with Crippen molar-refractivity contribution in [2.45, 2.75) is 18.6 Å². The van der Waals surface area contributed by atoms with E-state index in [1.807, 2.05) is 36.2 Å². The minimum atomic E-state index is 0.153. The fraction of sp³-hybridized carbons (Fsp3) is 0.438. The summed E-state index contributed by atoms with van der Waals surface area (Å²) < 4.78 is 10.9. The maximum atomic E-state index is 5.38. The van der Waals surface area contributed by atoms with E-state index in [4.69, 9.17) is 9.47 Å². The van der Waals surface area contributed by atoms with Crippen molar-refractivity contribution in [3.63, 3.8) is 0 Å². The quantitative estimate of drug-likeness (QED) is 0.879. The Bertz CT molecular complexity index is 629. The molecule has 0 aliphatic carbocycles. The van der Waals surface area contributed by atoms with Crippen LogP contribution in [0.1, 0.15) is 13.8 Å². The Morgan fingerprint density at radius 2 is 1.86 bits per heavy atom. The van der Waals surface area contributed by atoms with Crippen LogP contribution in [-0.4, -0.2) is 36.8 Å². The molecule has 0 bridgehead atoms.